The van der Waals surface area contributed by atoms with Crippen molar-refractivity contribution in [3.8, 4) is 0 Å². The number of hydrogen-bond donors (Lipinski definition) is 2. The highest BCUT2D eigenvalue weighted by molar-refractivity contribution is 6.31. The smallest absolute Gasteiger partial charge is 0.257 e. The second-order valence-electron chi connectivity index (χ2n) is 6.86. The van der Waals surface area contributed by atoms with Crippen LogP contribution in [-0.4, -0.2) is 42.9 Å². The minimum Gasteiger partial charge on any atom is -0.366 e. The Labute approximate surface area is 162 Å². The van der Waals surface area contributed by atoms with Gasteiger partial charge >= 0.3 is 0 Å². The molecular weight excluding hydrogens is 359 g/mol. The van der Waals surface area contributed by atoms with E-state index in [1.807, 2.05) is 29.2 Å². The van der Waals surface area contributed by atoms with Crippen molar-refractivity contribution in [2.24, 2.45) is 0 Å². The van der Waals surface area contributed by atoms with Crippen LogP contribution in [0.15, 0.2) is 48.7 Å². The number of para-hydroxylation sites is 1. The lowest BCUT2D eigenvalue weighted by molar-refractivity contribution is -0.129. The van der Waals surface area contributed by atoms with Crippen LogP contribution in [0.5, 0.6) is 0 Å². The number of piperazine rings is 1. The first-order valence-corrected chi connectivity index (χ1v) is 9.20. The van der Waals surface area contributed by atoms with Gasteiger partial charge in [0.2, 0.25) is 5.91 Å². The number of fused-ring (bicyclic) bond motifs is 1. The predicted molar refractivity (Wildman–Crippen MR) is 108 cm³/mol. The van der Waals surface area contributed by atoms with Crippen LogP contribution >= 0.6 is 0 Å². The van der Waals surface area contributed by atoms with Crippen LogP contribution in [0, 0.1) is 5.82 Å². The molecule has 1 saturated heterocycles. The van der Waals surface area contributed by atoms with Gasteiger partial charge in [-0.3, -0.25) is 9.59 Å². The van der Waals surface area contributed by atoms with Crippen LogP contribution in [-0.2, 0) is 9.59 Å². The summed E-state index contributed by atoms with van der Waals surface area (Å²) < 4.78 is 14.6. The van der Waals surface area contributed by atoms with Crippen LogP contribution in [0.1, 0.15) is 12.5 Å². The zero-order valence-corrected chi connectivity index (χ0v) is 15.5. The number of carbonyl (C=O) groups excluding carboxylic acids is 2. The summed E-state index contributed by atoms with van der Waals surface area (Å²) in [4.78, 5) is 27.3. The van der Waals surface area contributed by atoms with Gasteiger partial charge in [0.15, 0.2) is 0 Å². The Morgan fingerprint density at radius 3 is 2.61 bits per heavy atom. The van der Waals surface area contributed by atoms with Crippen LogP contribution < -0.4 is 15.5 Å². The van der Waals surface area contributed by atoms with Gasteiger partial charge in [0.1, 0.15) is 5.82 Å². The summed E-state index contributed by atoms with van der Waals surface area (Å²) in [6, 6.07) is 12.4. The summed E-state index contributed by atoms with van der Waals surface area (Å²) >= 11 is 0. The van der Waals surface area contributed by atoms with E-state index in [9.17, 15) is 14.0 Å². The van der Waals surface area contributed by atoms with Gasteiger partial charge in [-0.2, -0.15) is 0 Å². The van der Waals surface area contributed by atoms with Gasteiger partial charge in [0.05, 0.1) is 11.3 Å². The average Bonchev–Trinajstić information content (AvgIpc) is 3.01. The van der Waals surface area contributed by atoms with E-state index in [1.54, 1.807) is 30.2 Å². The van der Waals surface area contributed by atoms with E-state index in [4.69, 9.17) is 0 Å². The molecule has 2 aromatic rings. The van der Waals surface area contributed by atoms with Crippen LogP contribution in [0.2, 0.25) is 0 Å². The molecule has 0 radical (unpaired) electrons. The summed E-state index contributed by atoms with van der Waals surface area (Å²) in [5.74, 6) is -0.477. The summed E-state index contributed by atoms with van der Waals surface area (Å²) in [6.07, 6.45) is 1.60. The van der Waals surface area contributed by atoms with Crippen molar-refractivity contribution >= 4 is 34.4 Å². The largest absolute Gasteiger partial charge is 0.366 e. The molecule has 144 valence electrons. The van der Waals surface area contributed by atoms with Crippen molar-refractivity contribution in [2.45, 2.75) is 6.92 Å². The molecule has 6 nitrogen and oxygen atoms in total. The van der Waals surface area contributed by atoms with Crippen molar-refractivity contribution in [1.82, 2.24) is 4.90 Å². The lowest BCUT2D eigenvalue weighted by Crippen LogP contribution is -2.48. The second-order valence-corrected chi connectivity index (χ2v) is 6.86. The second kappa shape index (κ2) is 7.34. The fourth-order valence-corrected chi connectivity index (χ4v) is 3.55. The Morgan fingerprint density at radius 1 is 1.14 bits per heavy atom. The predicted octanol–water partition coefficient (Wildman–Crippen LogP) is 2.90. The van der Waals surface area contributed by atoms with Gasteiger partial charge in [-0.05, 0) is 24.3 Å². The van der Waals surface area contributed by atoms with E-state index in [-0.39, 0.29) is 17.6 Å². The molecule has 0 spiro atoms. The average molecular weight is 380 g/mol. The van der Waals surface area contributed by atoms with Crippen LogP contribution in [0.4, 0.5) is 21.5 Å². The number of benzene rings is 2. The number of hydrogen-bond acceptors (Lipinski definition) is 4. The number of rotatable bonds is 3. The summed E-state index contributed by atoms with van der Waals surface area (Å²) in [7, 11) is 0. The van der Waals surface area contributed by atoms with Gasteiger partial charge in [0.25, 0.3) is 5.91 Å². The van der Waals surface area contributed by atoms with Gasteiger partial charge < -0.3 is 20.4 Å². The van der Waals surface area contributed by atoms with Gasteiger partial charge in [-0.1, -0.05) is 18.2 Å². The molecule has 2 aliphatic heterocycles. The molecule has 2 aromatic carbocycles. The first-order chi connectivity index (χ1) is 13.5. The van der Waals surface area contributed by atoms with E-state index in [0.717, 1.165) is 11.3 Å². The molecule has 0 unspecified atom stereocenters. The van der Waals surface area contributed by atoms with E-state index >= 15 is 0 Å². The fraction of sp³-hybridized carbons (Fsp3) is 0.238. The van der Waals surface area contributed by atoms with Gasteiger partial charge in [-0.25, -0.2) is 4.39 Å². The molecule has 0 aromatic heterocycles. The molecule has 0 saturated carbocycles. The normalized spacial score (nSPS) is 17.5. The molecule has 0 bridgehead atoms. The highest BCUT2D eigenvalue weighted by Gasteiger charge is 2.24. The molecule has 2 N–H and O–H groups in total. The molecule has 0 atom stereocenters. The molecule has 7 heteroatoms. The van der Waals surface area contributed by atoms with E-state index in [1.165, 1.54) is 6.07 Å². The van der Waals surface area contributed by atoms with E-state index in [0.29, 0.717) is 43.1 Å². The topological polar surface area (TPSA) is 64.7 Å². The zero-order valence-electron chi connectivity index (χ0n) is 15.5. The molecule has 1 fully saturated rings. The molecule has 2 heterocycles. The summed E-state index contributed by atoms with van der Waals surface area (Å²) in [5.41, 5.74) is 3.19. The Hall–Kier alpha value is -3.35. The van der Waals surface area contributed by atoms with Crippen LogP contribution in [0.3, 0.4) is 0 Å². The standard InChI is InChI=1S/C21H21FN4O2/c1-14(27)25-8-10-26(11-9-25)20-7-6-15(12-18(20)22)23-13-17-16-4-2-3-5-19(16)24-21(17)28/h2-7,12-13,23H,8-11H2,1H3,(H,24,28)/b17-13+. The van der Waals surface area contributed by atoms with Crippen LogP contribution in [0.25, 0.3) is 5.57 Å². The Morgan fingerprint density at radius 2 is 1.89 bits per heavy atom. The van der Waals surface area contributed by atoms with E-state index in [2.05, 4.69) is 10.6 Å². The molecule has 28 heavy (non-hydrogen) atoms. The first-order valence-electron chi connectivity index (χ1n) is 9.20. The van der Waals surface area contributed by atoms with Gasteiger partial charge in [-0.15, -0.1) is 0 Å². The lowest BCUT2D eigenvalue weighted by atomic mass is 10.1. The number of nitrogens with zero attached hydrogens (tertiary/aromatic N) is 2. The lowest BCUT2D eigenvalue weighted by Gasteiger charge is -2.35. The molecule has 0 aliphatic carbocycles. The fourth-order valence-electron chi connectivity index (χ4n) is 3.55. The third-order valence-corrected chi connectivity index (χ3v) is 5.11. The van der Waals surface area contributed by atoms with Gasteiger partial charge in [0, 0.05) is 56.2 Å². The van der Waals surface area contributed by atoms with E-state index < -0.39 is 0 Å². The highest BCUT2D eigenvalue weighted by Crippen LogP contribution is 2.31. The molecule has 2 amide bonds. The quantitative estimate of drug-likeness (QED) is 0.804. The maximum Gasteiger partial charge on any atom is 0.257 e. The maximum atomic E-state index is 14.6. The first kappa shape index (κ1) is 18.0. The third kappa shape index (κ3) is 3.43. The zero-order chi connectivity index (χ0) is 19.7. The van der Waals surface area contributed by atoms with Crippen molar-refractivity contribution < 1.29 is 14.0 Å². The SMILES string of the molecule is CC(=O)N1CCN(c2ccc(N/C=C3/C(=O)Nc4ccccc43)cc2F)CC1. The maximum absolute atomic E-state index is 14.6. The number of carbonyl (C=O) groups is 2. The third-order valence-electron chi connectivity index (χ3n) is 5.11. The van der Waals surface area contributed by atoms with Crippen molar-refractivity contribution in [3.05, 3.63) is 60.0 Å². The molecule has 2 aliphatic rings. The Kier molecular flexibility index (Phi) is 4.73. The molecular formula is C21H21FN4O2. The Bertz CT molecular complexity index is 965. The number of halogens is 1. The minimum absolute atomic E-state index is 0.0465. The highest BCUT2D eigenvalue weighted by atomic mass is 19.1. The number of amides is 2. The summed E-state index contributed by atoms with van der Waals surface area (Å²) in [6.45, 7) is 3.94. The van der Waals surface area contributed by atoms with Crippen molar-refractivity contribution in [1.29, 1.82) is 0 Å². The molecule has 4 rings (SSSR count). The van der Waals surface area contributed by atoms with Crippen molar-refractivity contribution in [2.75, 3.05) is 41.7 Å². The number of nitrogens with one attached hydrogen (secondary N) is 2. The van der Waals surface area contributed by atoms with Crippen molar-refractivity contribution in [3.63, 3.8) is 0 Å². The Balaban J connectivity index is 1.47. The summed E-state index contributed by atoms with van der Waals surface area (Å²) in [5, 5.41) is 5.82. The monoisotopic (exact) mass is 380 g/mol. The number of anilines is 3. The minimum atomic E-state index is -0.337.